The molecule has 3 aromatic rings. The monoisotopic (exact) mass is 320 g/mol. The van der Waals surface area contributed by atoms with Gasteiger partial charge in [0.25, 0.3) is 0 Å². The average Bonchev–Trinajstić information content (AvgIpc) is 2.90. The Morgan fingerprint density at radius 1 is 0.833 bits per heavy atom. The van der Waals surface area contributed by atoms with Gasteiger partial charge in [0.05, 0.1) is 0 Å². The molecule has 0 aliphatic rings. The molecule has 0 spiro atoms. The van der Waals surface area contributed by atoms with E-state index in [2.05, 4.69) is 21.3 Å². The molecule has 3 rings (SSSR count). The summed E-state index contributed by atoms with van der Waals surface area (Å²) in [5.74, 6) is 0. The van der Waals surface area contributed by atoms with E-state index in [4.69, 9.17) is 11.6 Å². The molecular weight excluding hydrogens is 311 g/mol. The molecule has 0 bridgehead atoms. The summed E-state index contributed by atoms with van der Waals surface area (Å²) in [6.45, 7) is 0. The molecule has 0 aliphatic carbocycles. The first-order valence-corrected chi connectivity index (χ1v) is 7.48. The molecule has 0 radical (unpaired) electrons. The molecule has 0 saturated heterocycles. The van der Waals surface area contributed by atoms with Crippen LogP contribution in [0.25, 0.3) is 21.3 Å². The van der Waals surface area contributed by atoms with Crippen molar-refractivity contribution in [3.63, 3.8) is 0 Å². The summed E-state index contributed by atoms with van der Waals surface area (Å²) in [7, 11) is 0. The summed E-state index contributed by atoms with van der Waals surface area (Å²) >= 11 is 5.97. The number of hydrogen-bond donors (Lipinski definition) is 0. The van der Waals surface area contributed by atoms with E-state index >= 15 is 0 Å². The first-order chi connectivity index (χ1) is 8.84. The summed E-state index contributed by atoms with van der Waals surface area (Å²) < 4.78 is 5.43. The zero-order valence-corrected chi connectivity index (χ0v) is 11.8. The van der Waals surface area contributed by atoms with Crippen molar-refractivity contribution >= 4 is 26.3 Å². The number of benzene rings is 2. The van der Waals surface area contributed by atoms with Crippen LogP contribution in [0.2, 0.25) is 5.02 Å². The van der Waals surface area contributed by atoms with Crippen molar-refractivity contribution in [3.05, 3.63) is 59.6 Å². The molecule has 2 nitrogen and oxygen atoms in total. The average molecular weight is 320 g/mol. The number of halogens is 1. The summed E-state index contributed by atoms with van der Waals surface area (Å²) in [6, 6.07) is 18.0. The topological polar surface area (TPSA) is 25.8 Å². The molecule has 0 aliphatic heterocycles. The Morgan fingerprint density at radius 2 is 1.56 bits per heavy atom. The molecule has 0 saturated carbocycles. The van der Waals surface area contributed by atoms with Gasteiger partial charge in [-0.05, 0) is 0 Å². The van der Waals surface area contributed by atoms with Crippen LogP contribution in [-0.2, 0) is 0 Å². The standard InChI is InChI=1S/C14H9ClN2Se/c15-12-8-6-10(7-9-12)13-14(18-17-16-13)11-4-2-1-3-5-11/h1-9H. The van der Waals surface area contributed by atoms with Crippen LogP contribution >= 0.6 is 11.6 Å². The van der Waals surface area contributed by atoms with Gasteiger partial charge in [0.2, 0.25) is 0 Å². The second-order valence-electron chi connectivity index (χ2n) is 3.82. The third-order valence-electron chi connectivity index (χ3n) is 2.64. The Kier molecular flexibility index (Phi) is 3.28. The van der Waals surface area contributed by atoms with Crippen LogP contribution in [0.15, 0.2) is 54.6 Å². The zero-order valence-electron chi connectivity index (χ0n) is 9.38. The molecule has 0 unspecified atom stereocenters. The van der Waals surface area contributed by atoms with Crippen LogP contribution in [0.5, 0.6) is 0 Å². The van der Waals surface area contributed by atoms with E-state index in [1.165, 1.54) is 10.0 Å². The van der Waals surface area contributed by atoms with Gasteiger partial charge in [0.15, 0.2) is 0 Å². The summed E-state index contributed by atoms with van der Waals surface area (Å²) in [5, 5.41) is 5.02. The maximum absolute atomic E-state index is 5.91. The molecule has 0 atom stereocenters. The van der Waals surface area contributed by atoms with E-state index in [0.717, 1.165) is 16.3 Å². The van der Waals surface area contributed by atoms with E-state index < -0.39 is 0 Å². The van der Waals surface area contributed by atoms with Crippen molar-refractivity contribution in [2.24, 2.45) is 0 Å². The van der Waals surface area contributed by atoms with Crippen molar-refractivity contribution in [3.8, 4) is 21.3 Å². The quantitative estimate of drug-likeness (QED) is 0.675. The van der Waals surface area contributed by atoms with E-state index in [-0.39, 0.29) is 14.7 Å². The number of rotatable bonds is 2. The van der Waals surface area contributed by atoms with E-state index in [9.17, 15) is 0 Å². The molecule has 88 valence electrons. The van der Waals surface area contributed by atoms with Crippen molar-refractivity contribution in [2.75, 3.05) is 0 Å². The molecule has 0 fully saturated rings. The third kappa shape index (κ3) is 2.25. The Morgan fingerprint density at radius 3 is 2.28 bits per heavy atom. The van der Waals surface area contributed by atoms with Crippen LogP contribution in [-0.4, -0.2) is 23.9 Å². The van der Waals surface area contributed by atoms with Crippen molar-refractivity contribution in [1.29, 1.82) is 0 Å². The van der Waals surface area contributed by atoms with Crippen molar-refractivity contribution < 1.29 is 0 Å². The summed E-state index contributed by atoms with van der Waals surface area (Å²) in [4.78, 5) is 0. The minimum atomic E-state index is 0.0658. The first-order valence-electron chi connectivity index (χ1n) is 5.48. The first kappa shape index (κ1) is 11.7. The fraction of sp³-hybridized carbons (Fsp3) is 0. The number of hydrogen-bond acceptors (Lipinski definition) is 2. The number of aromatic nitrogens is 2. The fourth-order valence-corrected chi connectivity index (χ4v) is 3.34. The number of nitrogens with zero attached hydrogens (tertiary/aromatic N) is 2. The molecule has 1 heterocycles. The van der Waals surface area contributed by atoms with E-state index in [1.54, 1.807) is 0 Å². The second-order valence-corrected chi connectivity index (χ2v) is 5.84. The molecule has 4 heteroatoms. The molecule has 1 aromatic heterocycles. The SMILES string of the molecule is Clc1ccc(-c2nn[se]c2-c2ccccc2)cc1. The van der Waals surface area contributed by atoms with Gasteiger partial charge >= 0.3 is 116 Å². The molecule has 18 heavy (non-hydrogen) atoms. The minimum absolute atomic E-state index is 0.0658. The molecule has 0 N–H and O–H groups in total. The zero-order chi connectivity index (χ0) is 12.4. The van der Waals surface area contributed by atoms with Gasteiger partial charge in [-0.2, -0.15) is 0 Å². The Hall–Kier alpha value is -1.41. The van der Waals surface area contributed by atoms with Gasteiger partial charge in [0.1, 0.15) is 0 Å². The predicted octanol–water partition coefficient (Wildman–Crippen LogP) is 3.52. The predicted molar refractivity (Wildman–Crippen MR) is 74.9 cm³/mol. The van der Waals surface area contributed by atoms with Crippen LogP contribution in [0.4, 0.5) is 0 Å². The molecular formula is C14H9ClN2Se. The van der Waals surface area contributed by atoms with Gasteiger partial charge in [-0.1, -0.05) is 0 Å². The van der Waals surface area contributed by atoms with Crippen molar-refractivity contribution in [2.45, 2.75) is 0 Å². The Labute approximate surface area is 116 Å². The molecule has 2 aromatic carbocycles. The van der Waals surface area contributed by atoms with Gasteiger partial charge in [0, 0.05) is 0 Å². The van der Waals surface area contributed by atoms with Gasteiger partial charge in [-0.25, -0.2) is 0 Å². The normalized spacial score (nSPS) is 10.5. The van der Waals surface area contributed by atoms with Crippen LogP contribution in [0, 0.1) is 0 Å². The van der Waals surface area contributed by atoms with Crippen LogP contribution in [0.3, 0.4) is 0 Å². The van der Waals surface area contributed by atoms with Crippen LogP contribution in [0.1, 0.15) is 0 Å². The second kappa shape index (κ2) is 5.07. The molecule has 0 amide bonds. The van der Waals surface area contributed by atoms with E-state index in [0.29, 0.717) is 0 Å². The van der Waals surface area contributed by atoms with Gasteiger partial charge in [-0.3, -0.25) is 0 Å². The van der Waals surface area contributed by atoms with Gasteiger partial charge in [-0.15, -0.1) is 0 Å². The Balaban J connectivity index is 2.10. The van der Waals surface area contributed by atoms with Crippen molar-refractivity contribution in [1.82, 2.24) is 9.19 Å². The fourth-order valence-electron chi connectivity index (χ4n) is 1.77. The Bertz CT molecular complexity index is 647. The van der Waals surface area contributed by atoms with Crippen LogP contribution < -0.4 is 0 Å². The van der Waals surface area contributed by atoms with E-state index in [1.807, 2.05) is 42.5 Å². The third-order valence-corrected chi connectivity index (χ3v) is 4.52. The summed E-state index contributed by atoms with van der Waals surface area (Å²) in [6.07, 6.45) is 0. The maximum atomic E-state index is 5.91. The summed E-state index contributed by atoms with van der Waals surface area (Å²) in [5.41, 5.74) is 3.24. The van der Waals surface area contributed by atoms with Gasteiger partial charge < -0.3 is 0 Å².